The van der Waals surface area contributed by atoms with E-state index in [1.54, 1.807) is 4.90 Å². The van der Waals surface area contributed by atoms with Crippen molar-refractivity contribution in [2.24, 2.45) is 0 Å². The number of rotatable bonds is 1. The summed E-state index contributed by atoms with van der Waals surface area (Å²) in [6, 6.07) is 14.3. The van der Waals surface area contributed by atoms with Crippen LogP contribution in [0, 0.1) is 0 Å². The molecule has 6 heteroatoms. The van der Waals surface area contributed by atoms with Crippen molar-refractivity contribution in [3.8, 4) is 5.75 Å². The van der Waals surface area contributed by atoms with Crippen molar-refractivity contribution in [2.45, 2.75) is 24.6 Å². The number of fused-ring (bicyclic) bond motifs is 4. The van der Waals surface area contributed by atoms with Crippen LogP contribution in [-0.4, -0.2) is 30.9 Å². The molecule has 3 heterocycles. The monoisotopic (exact) mass is 402 g/mol. The highest BCUT2D eigenvalue weighted by Crippen LogP contribution is 2.47. The summed E-state index contributed by atoms with van der Waals surface area (Å²) in [7, 11) is 2.25. The second kappa shape index (κ2) is 6.42. The van der Waals surface area contributed by atoms with Gasteiger partial charge in [-0.2, -0.15) is 5.01 Å². The molecule has 4 nitrogen and oxygen atoms in total. The van der Waals surface area contributed by atoms with Gasteiger partial charge in [0.2, 0.25) is 0 Å². The van der Waals surface area contributed by atoms with E-state index in [1.807, 2.05) is 24.3 Å². The smallest absolute Gasteiger partial charge is 0.191 e. The first-order valence-corrected chi connectivity index (χ1v) is 10.1. The van der Waals surface area contributed by atoms with Crippen LogP contribution in [-0.2, 0) is 0 Å². The molecule has 0 amide bonds. The minimum atomic E-state index is -0.326. The van der Waals surface area contributed by atoms with Crippen molar-refractivity contribution in [3.63, 3.8) is 0 Å². The van der Waals surface area contributed by atoms with Gasteiger partial charge in [-0.1, -0.05) is 47.5 Å². The Bertz CT molecular complexity index is 921. The average molecular weight is 403 g/mol. The van der Waals surface area contributed by atoms with Gasteiger partial charge in [-0.3, -0.25) is 0 Å². The van der Waals surface area contributed by atoms with E-state index in [0.717, 1.165) is 42.9 Å². The van der Waals surface area contributed by atoms with Crippen LogP contribution in [0.3, 0.4) is 0 Å². The third kappa shape index (κ3) is 2.83. The lowest BCUT2D eigenvalue weighted by molar-refractivity contribution is -0.888. The van der Waals surface area contributed by atoms with E-state index in [-0.39, 0.29) is 11.8 Å². The zero-order valence-electron chi connectivity index (χ0n) is 15.1. The van der Waals surface area contributed by atoms with Crippen LogP contribution in [0.4, 0.5) is 0 Å². The maximum absolute atomic E-state index is 6.62. The number of quaternary nitrogens is 1. The molecule has 5 rings (SSSR count). The van der Waals surface area contributed by atoms with E-state index >= 15 is 0 Å². The summed E-state index contributed by atoms with van der Waals surface area (Å²) in [5.74, 6) is 0.992. The number of hydrazine groups is 1. The summed E-state index contributed by atoms with van der Waals surface area (Å²) >= 11 is 12.4. The summed E-state index contributed by atoms with van der Waals surface area (Å²) in [4.78, 5) is 1.55. The highest BCUT2D eigenvalue weighted by Gasteiger charge is 2.52. The predicted octanol–water partition coefficient (Wildman–Crippen LogP) is 3.29. The number of benzene rings is 2. The van der Waals surface area contributed by atoms with Crippen molar-refractivity contribution in [2.75, 3.05) is 20.1 Å². The molecule has 140 valence electrons. The Balaban J connectivity index is 1.57. The molecule has 0 radical (unpaired) electrons. The third-order valence-corrected chi connectivity index (χ3v) is 6.67. The first-order valence-electron chi connectivity index (χ1n) is 9.38. The summed E-state index contributed by atoms with van der Waals surface area (Å²) in [6.45, 7) is 2.18. The van der Waals surface area contributed by atoms with Crippen molar-refractivity contribution < 1.29 is 9.64 Å². The van der Waals surface area contributed by atoms with Gasteiger partial charge in [0, 0.05) is 11.1 Å². The number of halogens is 2. The van der Waals surface area contributed by atoms with E-state index in [2.05, 4.69) is 41.8 Å². The van der Waals surface area contributed by atoms with E-state index in [4.69, 9.17) is 27.9 Å². The topological polar surface area (TPSA) is 28.9 Å². The van der Waals surface area contributed by atoms with Crippen LogP contribution in [0.1, 0.15) is 30.0 Å². The van der Waals surface area contributed by atoms with Crippen LogP contribution in [0.15, 0.2) is 48.5 Å². The Kier molecular flexibility index (Phi) is 4.13. The Morgan fingerprint density at radius 2 is 1.89 bits per heavy atom. The number of nitrogens with one attached hydrogen (secondary N) is 2. The zero-order chi connectivity index (χ0) is 18.6. The van der Waals surface area contributed by atoms with E-state index < -0.39 is 0 Å². The van der Waals surface area contributed by atoms with Crippen LogP contribution in [0.2, 0.25) is 10.0 Å². The molecule has 0 saturated carbocycles. The Labute approximate surface area is 169 Å². The Morgan fingerprint density at radius 3 is 2.67 bits per heavy atom. The van der Waals surface area contributed by atoms with Crippen LogP contribution < -0.4 is 15.1 Å². The number of hydrogen-bond acceptors (Lipinski definition) is 3. The fourth-order valence-corrected chi connectivity index (χ4v) is 4.66. The fraction of sp³-hybridized carbons (Fsp3) is 0.333. The van der Waals surface area contributed by atoms with Gasteiger partial charge in [0.05, 0.1) is 54.8 Å². The molecule has 1 spiro atoms. The second-order valence-electron chi connectivity index (χ2n) is 7.68. The third-order valence-electron chi connectivity index (χ3n) is 5.94. The summed E-state index contributed by atoms with van der Waals surface area (Å²) in [5.41, 5.74) is 6.57. The van der Waals surface area contributed by atoms with E-state index in [0.29, 0.717) is 10.0 Å². The number of para-hydroxylation sites is 1. The van der Waals surface area contributed by atoms with Gasteiger partial charge in [0.25, 0.3) is 0 Å². The minimum absolute atomic E-state index is 0.137. The van der Waals surface area contributed by atoms with Gasteiger partial charge in [0.1, 0.15) is 5.75 Å². The van der Waals surface area contributed by atoms with Gasteiger partial charge in [-0.15, -0.1) is 0 Å². The molecule has 2 N–H and O–H groups in total. The lowest BCUT2D eigenvalue weighted by atomic mass is 9.93. The van der Waals surface area contributed by atoms with Gasteiger partial charge in [0.15, 0.2) is 5.72 Å². The lowest BCUT2D eigenvalue weighted by Gasteiger charge is -2.50. The molecule has 0 bridgehead atoms. The van der Waals surface area contributed by atoms with Crippen LogP contribution >= 0.6 is 23.2 Å². The predicted molar refractivity (Wildman–Crippen MR) is 108 cm³/mol. The van der Waals surface area contributed by atoms with Crippen molar-refractivity contribution >= 4 is 28.9 Å². The van der Waals surface area contributed by atoms with E-state index in [9.17, 15) is 0 Å². The van der Waals surface area contributed by atoms with Gasteiger partial charge in [-0.05, 0) is 24.3 Å². The highest BCUT2D eigenvalue weighted by molar-refractivity contribution is 6.42. The summed E-state index contributed by atoms with van der Waals surface area (Å²) in [5, 5.41) is 3.44. The molecule has 0 unspecified atom stereocenters. The number of nitrogens with zero attached hydrogens (tertiary/aromatic N) is 1. The summed E-state index contributed by atoms with van der Waals surface area (Å²) < 4.78 is 6.62. The molecule has 1 atom stereocenters. The van der Waals surface area contributed by atoms with Crippen molar-refractivity contribution in [1.29, 1.82) is 0 Å². The van der Waals surface area contributed by atoms with Crippen molar-refractivity contribution in [1.82, 2.24) is 10.4 Å². The first kappa shape index (κ1) is 17.4. The van der Waals surface area contributed by atoms with Crippen molar-refractivity contribution in [3.05, 3.63) is 69.7 Å². The van der Waals surface area contributed by atoms with Gasteiger partial charge >= 0.3 is 0 Å². The maximum Gasteiger partial charge on any atom is 0.191 e. The number of hydrogen-bond donors (Lipinski definition) is 2. The average Bonchev–Trinajstić information content (AvgIpc) is 3.13. The second-order valence-corrected chi connectivity index (χ2v) is 8.49. The molecule has 2 aromatic carbocycles. The molecule has 27 heavy (non-hydrogen) atoms. The summed E-state index contributed by atoms with van der Waals surface area (Å²) in [6.07, 6.45) is 4.24. The highest BCUT2D eigenvalue weighted by atomic mass is 35.5. The molecule has 3 aliphatic heterocycles. The SMILES string of the molecule is C[NH+]1CCC2(CC1)Oc1ccccc1[C@H]1C=C(c3ccc(Cl)c(Cl)c3)NN12. The Morgan fingerprint density at radius 1 is 1.11 bits per heavy atom. The fourth-order valence-electron chi connectivity index (χ4n) is 4.36. The normalized spacial score (nSPS) is 29.5. The largest absolute Gasteiger partial charge is 0.470 e. The molecular weight excluding hydrogens is 381 g/mol. The number of piperidine rings is 1. The lowest BCUT2D eigenvalue weighted by Crippen LogP contribution is -3.11. The molecule has 2 aromatic rings. The quantitative estimate of drug-likeness (QED) is 0.766. The van der Waals surface area contributed by atoms with E-state index in [1.165, 1.54) is 5.56 Å². The molecule has 0 aliphatic carbocycles. The standard InChI is InChI=1S/C21H21Cl2N3O/c1-25-10-8-21(9-11-25)26-19(15-4-2-3-5-20(15)27-21)13-18(24-26)14-6-7-16(22)17(23)12-14/h2-7,12-13,19,24H,8-11H2,1H3/p+1/t19-/m1/s1. The van der Waals surface area contributed by atoms with Crippen LogP contribution in [0.25, 0.3) is 5.70 Å². The molecule has 0 aromatic heterocycles. The first-order chi connectivity index (χ1) is 13.1. The molecule has 1 saturated heterocycles. The zero-order valence-corrected chi connectivity index (χ0v) is 16.6. The Hall–Kier alpha value is -1.72. The number of ether oxygens (including phenoxy) is 1. The number of likely N-dealkylation sites (tertiary alicyclic amines) is 1. The molecule has 3 aliphatic rings. The molecule has 1 fully saturated rings. The molecular formula is C21H22Cl2N3O+. The van der Waals surface area contributed by atoms with Gasteiger partial charge in [-0.25, -0.2) is 0 Å². The van der Waals surface area contributed by atoms with Crippen LogP contribution in [0.5, 0.6) is 5.75 Å². The van der Waals surface area contributed by atoms with Gasteiger partial charge < -0.3 is 15.1 Å². The minimum Gasteiger partial charge on any atom is -0.470 e. The maximum atomic E-state index is 6.62.